The molecule has 1 aliphatic heterocycles. The minimum atomic E-state index is -0.820. The van der Waals surface area contributed by atoms with Gasteiger partial charge in [-0.05, 0) is 36.0 Å². The van der Waals surface area contributed by atoms with E-state index in [1.165, 1.54) is 10.5 Å². The fraction of sp³-hybridized carbons (Fsp3) is 0.348. The van der Waals surface area contributed by atoms with E-state index >= 15 is 0 Å². The SMILES string of the molecule is O=C1CC(C(=O)N[C@@H]2CCCc3ccccc32)N(C(=O)OCc2ccccc2)C1. The third-order valence-corrected chi connectivity index (χ3v) is 5.57. The van der Waals surface area contributed by atoms with Gasteiger partial charge in [-0.2, -0.15) is 0 Å². The third kappa shape index (κ3) is 4.31. The number of likely N-dealkylation sites (tertiary alicyclic amines) is 1. The summed E-state index contributed by atoms with van der Waals surface area (Å²) in [6.07, 6.45) is 2.24. The van der Waals surface area contributed by atoms with Crippen molar-refractivity contribution >= 4 is 17.8 Å². The molecule has 29 heavy (non-hydrogen) atoms. The molecule has 4 rings (SSSR count). The molecule has 2 aromatic rings. The summed E-state index contributed by atoms with van der Waals surface area (Å²) >= 11 is 0. The lowest BCUT2D eigenvalue weighted by molar-refractivity contribution is -0.126. The Bertz CT molecular complexity index is 912. The van der Waals surface area contributed by atoms with Crippen molar-refractivity contribution < 1.29 is 19.1 Å². The van der Waals surface area contributed by atoms with Crippen molar-refractivity contribution in [2.24, 2.45) is 0 Å². The van der Waals surface area contributed by atoms with E-state index in [2.05, 4.69) is 11.4 Å². The average molecular weight is 392 g/mol. The number of nitrogens with one attached hydrogen (secondary N) is 1. The van der Waals surface area contributed by atoms with Gasteiger partial charge in [0.1, 0.15) is 12.6 Å². The van der Waals surface area contributed by atoms with Gasteiger partial charge in [0.2, 0.25) is 5.91 Å². The van der Waals surface area contributed by atoms with Crippen LogP contribution in [0.4, 0.5) is 4.79 Å². The van der Waals surface area contributed by atoms with E-state index < -0.39 is 12.1 Å². The second kappa shape index (κ2) is 8.47. The lowest BCUT2D eigenvalue weighted by atomic mass is 9.87. The molecule has 2 atom stereocenters. The van der Waals surface area contributed by atoms with Crippen molar-refractivity contribution in [3.8, 4) is 0 Å². The number of hydrogen-bond acceptors (Lipinski definition) is 4. The molecule has 6 nitrogen and oxygen atoms in total. The van der Waals surface area contributed by atoms with Crippen LogP contribution in [0.5, 0.6) is 0 Å². The molecule has 6 heteroatoms. The van der Waals surface area contributed by atoms with Crippen molar-refractivity contribution in [3.05, 3.63) is 71.3 Å². The zero-order valence-corrected chi connectivity index (χ0v) is 16.2. The van der Waals surface area contributed by atoms with Crippen molar-refractivity contribution in [1.82, 2.24) is 10.2 Å². The van der Waals surface area contributed by atoms with Gasteiger partial charge in [-0.15, -0.1) is 0 Å². The molecule has 1 heterocycles. The minimum absolute atomic E-state index is 0.0284. The zero-order valence-electron chi connectivity index (χ0n) is 16.2. The molecule has 1 N–H and O–H groups in total. The van der Waals surface area contributed by atoms with E-state index in [-0.39, 0.29) is 37.3 Å². The highest BCUT2D eigenvalue weighted by Crippen LogP contribution is 2.30. The third-order valence-electron chi connectivity index (χ3n) is 5.57. The highest BCUT2D eigenvalue weighted by molar-refractivity contribution is 5.97. The number of ether oxygens (including phenoxy) is 1. The first-order valence-corrected chi connectivity index (χ1v) is 9.99. The van der Waals surface area contributed by atoms with Crippen LogP contribution in [0.1, 0.15) is 42.0 Å². The quantitative estimate of drug-likeness (QED) is 0.867. The Morgan fingerprint density at radius 2 is 1.83 bits per heavy atom. The predicted octanol–water partition coefficient (Wildman–Crippen LogP) is 3.16. The molecule has 0 saturated carbocycles. The smallest absolute Gasteiger partial charge is 0.411 e. The Labute approximate surface area is 169 Å². The van der Waals surface area contributed by atoms with Gasteiger partial charge >= 0.3 is 6.09 Å². The lowest BCUT2D eigenvalue weighted by Gasteiger charge is -2.29. The fourth-order valence-corrected chi connectivity index (χ4v) is 4.09. The highest BCUT2D eigenvalue weighted by Gasteiger charge is 2.40. The monoisotopic (exact) mass is 392 g/mol. The Hall–Kier alpha value is -3.15. The number of ketones is 1. The topological polar surface area (TPSA) is 75.7 Å². The number of carbonyl (C=O) groups is 3. The summed E-state index contributed by atoms with van der Waals surface area (Å²) in [5, 5.41) is 3.06. The molecule has 0 aromatic heterocycles. The van der Waals surface area contributed by atoms with Crippen LogP contribution in [0.25, 0.3) is 0 Å². The first-order chi connectivity index (χ1) is 14.1. The van der Waals surface area contributed by atoms with Crippen molar-refractivity contribution in [1.29, 1.82) is 0 Å². The van der Waals surface area contributed by atoms with Crippen LogP contribution in [0, 0.1) is 0 Å². The van der Waals surface area contributed by atoms with Crippen LogP contribution in [-0.4, -0.2) is 35.3 Å². The molecule has 1 fully saturated rings. The number of amides is 2. The number of rotatable bonds is 4. The van der Waals surface area contributed by atoms with Gasteiger partial charge in [0.25, 0.3) is 0 Å². The maximum atomic E-state index is 12.9. The van der Waals surface area contributed by atoms with Gasteiger partial charge in [0, 0.05) is 6.42 Å². The molecule has 1 aliphatic carbocycles. The summed E-state index contributed by atoms with van der Waals surface area (Å²) in [5.41, 5.74) is 3.21. The van der Waals surface area contributed by atoms with Gasteiger partial charge in [-0.1, -0.05) is 54.6 Å². The summed E-state index contributed by atoms with van der Waals surface area (Å²) in [6.45, 7) is 0.0155. The van der Waals surface area contributed by atoms with Crippen LogP contribution >= 0.6 is 0 Å². The molecule has 0 radical (unpaired) electrons. The van der Waals surface area contributed by atoms with Crippen LogP contribution in [0.3, 0.4) is 0 Å². The minimum Gasteiger partial charge on any atom is -0.445 e. The van der Waals surface area contributed by atoms with Crippen LogP contribution in [0.2, 0.25) is 0 Å². The molecule has 0 bridgehead atoms. The molecular weight excluding hydrogens is 368 g/mol. The average Bonchev–Trinajstić information content (AvgIpc) is 3.15. The molecule has 2 aliphatic rings. The highest BCUT2D eigenvalue weighted by atomic mass is 16.6. The summed E-state index contributed by atoms with van der Waals surface area (Å²) in [4.78, 5) is 38.7. The van der Waals surface area contributed by atoms with E-state index in [1.54, 1.807) is 0 Å². The number of nitrogens with zero attached hydrogens (tertiary/aromatic N) is 1. The van der Waals surface area contributed by atoms with Gasteiger partial charge in [-0.3, -0.25) is 14.5 Å². The number of benzene rings is 2. The number of hydrogen-bond donors (Lipinski definition) is 1. The predicted molar refractivity (Wildman–Crippen MR) is 107 cm³/mol. The van der Waals surface area contributed by atoms with Crippen molar-refractivity contribution in [3.63, 3.8) is 0 Å². The number of Topliss-reactive ketones (excluding diaryl/α,β-unsaturated/α-hetero) is 1. The van der Waals surface area contributed by atoms with Crippen LogP contribution in [0.15, 0.2) is 54.6 Å². The second-order valence-electron chi connectivity index (χ2n) is 7.58. The van der Waals surface area contributed by atoms with Gasteiger partial charge in [0.15, 0.2) is 5.78 Å². The maximum absolute atomic E-state index is 12.9. The first kappa shape index (κ1) is 19.2. The van der Waals surface area contributed by atoms with E-state index in [0.717, 1.165) is 30.4 Å². The van der Waals surface area contributed by atoms with Crippen molar-refractivity contribution in [2.45, 2.75) is 44.4 Å². The molecule has 2 aromatic carbocycles. The Kier molecular flexibility index (Phi) is 5.60. The van der Waals surface area contributed by atoms with E-state index in [1.807, 2.05) is 48.5 Å². The number of aryl methyl sites for hydroxylation is 1. The van der Waals surface area contributed by atoms with Crippen LogP contribution < -0.4 is 5.32 Å². The fourth-order valence-electron chi connectivity index (χ4n) is 4.09. The summed E-state index contributed by atoms with van der Waals surface area (Å²) in [6, 6.07) is 16.5. The Morgan fingerprint density at radius 3 is 2.66 bits per heavy atom. The van der Waals surface area contributed by atoms with E-state index in [4.69, 9.17) is 4.74 Å². The van der Waals surface area contributed by atoms with E-state index in [0.29, 0.717) is 0 Å². The van der Waals surface area contributed by atoms with Gasteiger partial charge < -0.3 is 10.1 Å². The normalized spacial score (nSPS) is 20.8. The summed E-state index contributed by atoms with van der Waals surface area (Å²) in [5.74, 6) is -0.430. The number of carbonyl (C=O) groups excluding carboxylic acids is 3. The van der Waals surface area contributed by atoms with Crippen molar-refractivity contribution in [2.75, 3.05) is 6.54 Å². The second-order valence-corrected chi connectivity index (χ2v) is 7.58. The lowest BCUT2D eigenvalue weighted by Crippen LogP contribution is -2.47. The first-order valence-electron chi connectivity index (χ1n) is 9.99. The molecule has 1 unspecified atom stereocenters. The van der Waals surface area contributed by atoms with E-state index in [9.17, 15) is 14.4 Å². The Balaban J connectivity index is 1.42. The standard InChI is InChI=1S/C23H24N2O4/c26-18-13-21(25(14-18)23(28)29-15-16-7-2-1-3-8-16)22(27)24-20-12-6-10-17-9-4-5-11-19(17)20/h1-5,7-9,11,20-21H,6,10,12-15H2,(H,24,27)/t20-,21?/m1/s1. The molecular formula is C23H24N2O4. The molecule has 0 spiro atoms. The number of fused-ring (bicyclic) bond motifs is 1. The molecule has 2 amide bonds. The van der Waals surface area contributed by atoms with Gasteiger partial charge in [-0.25, -0.2) is 4.79 Å². The zero-order chi connectivity index (χ0) is 20.2. The van der Waals surface area contributed by atoms with Gasteiger partial charge in [0.05, 0.1) is 12.6 Å². The summed E-state index contributed by atoms with van der Waals surface area (Å²) < 4.78 is 5.34. The summed E-state index contributed by atoms with van der Waals surface area (Å²) in [7, 11) is 0. The largest absolute Gasteiger partial charge is 0.445 e. The molecule has 1 saturated heterocycles. The Morgan fingerprint density at radius 1 is 1.07 bits per heavy atom. The maximum Gasteiger partial charge on any atom is 0.411 e. The van der Waals surface area contributed by atoms with Crippen LogP contribution in [-0.2, 0) is 27.4 Å². The molecule has 150 valence electrons.